The summed E-state index contributed by atoms with van der Waals surface area (Å²) in [5.41, 5.74) is 2.74. The molecular weight excluding hydrogens is 348 g/mol. The number of benzene rings is 2. The topological polar surface area (TPSA) is 74.2 Å². The Hall–Kier alpha value is -2.89. The molecule has 0 atom stereocenters. The molecule has 146 valence electrons. The standard InChI is InChI=1S/C21H26O6/c1-24-17-9-6-14(12-18(17)25-2)5-8-16-11-15(7-10-20(22)27-4)13-19(26-3)21(16)23/h6,9,11-13,23H,5,7-8,10H2,1-4H3. The molecule has 6 heteroatoms. The molecule has 0 aliphatic carbocycles. The van der Waals surface area contributed by atoms with E-state index in [0.29, 0.717) is 36.5 Å². The first kappa shape index (κ1) is 20.4. The molecule has 0 aliphatic rings. The molecule has 0 saturated carbocycles. The monoisotopic (exact) mass is 374 g/mol. The number of rotatable bonds is 9. The molecule has 0 spiro atoms. The molecule has 6 nitrogen and oxygen atoms in total. The van der Waals surface area contributed by atoms with Crippen LogP contribution in [0, 0.1) is 0 Å². The van der Waals surface area contributed by atoms with Gasteiger partial charge in [0.05, 0.1) is 28.4 Å². The van der Waals surface area contributed by atoms with Gasteiger partial charge in [0.25, 0.3) is 0 Å². The maximum Gasteiger partial charge on any atom is 0.305 e. The Morgan fingerprint density at radius 3 is 2.11 bits per heavy atom. The van der Waals surface area contributed by atoms with E-state index in [0.717, 1.165) is 16.7 Å². The molecule has 2 aromatic carbocycles. The van der Waals surface area contributed by atoms with Gasteiger partial charge in [0.15, 0.2) is 23.0 Å². The van der Waals surface area contributed by atoms with Gasteiger partial charge in [0.2, 0.25) is 0 Å². The third-order valence-electron chi connectivity index (χ3n) is 4.41. The third kappa shape index (κ3) is 5.29. The summed E-state index contributed by atoms with van der Waals surface area (Å²) in [7, 11) is 6.08. The quantitative estimate of drug-likeness (QED) is 0.679. The Morgan fingerprint density at radius 2 is 1.48 bits per heavy atom. The SMILES string of the molecule is COC(=O)CCc1cc(CCc2ccc(OC)c(OC)c2)c(O)c(OC)c1. The van der Waals surface area contributed by atoms with Crippen LogP contribution in [0.25, 0.3) is 0 Å². The summed E-state index contributed by atoms with van der Waals surface area (Å²) in [5, 5.41) is 10.4. The largest absolute Gasteiger partial charge is 0.504 e. The summed E-state index contributed by atoms with van der Waals surface area (Å²) < 4.78 is 20.6. The van der Waals surface area contributed by atoms with Crippen molar-refractivity contribution in [2.75, 3.05) is 28.4 Å². The predicted octanol–water partition coefficient (Wildman–Crippen LogP) is 3.31. The molecule has 1 N–H and O–H groups in total. The van der Waals surface area contributed by atoms with E-state index in [1.165, 1.54) is 14.2 Å². The zero-order chi connectivity index (χ0) is 19.8. The number of carbonyl (C=O) groups is 1. The second-order valence-electron chi connectivity index (χ2n) is 6.07. The Balaban J connectivity index is 2.18. The Bertz CT molecular complexity index is 784. The van der Waals surface area contributed by atoms with Crippen LogP contribution in [0.1, 0.15) is 23.1 Å². The molecule has 2 aromatic rings. The molecule has 0 heterocycles. The van der Waals surface area contributed by atoms with Gasteiger partial charge in [-0.3, -0.25) is 4.79 Å². The molecule has 2 rings (SSSR count). The molecular formula is C21H26O6. The molecule has 0 unspecified atom stereocenters. The summed E-state index contributed by atoms with van der Waals surface area (Å²) in [6.45, 7) is 0. The first-order valence-electron chi connectivity index (χ1n) is 8.68. The van der Waals surface area contributed by atoms with Gasteiger partial charge in [-0.2, -0.15) is 0 Å². The van der Waals surface area contributed by atoms with E-state index in [4.69, 9.17) is 14.2 Å². The molecule has 0 bridgehead atoms. The van der Waals surface area contributed by atoms with Crippen molar-refractivity contribution in [3.8, 4) is 23.0 Å². The van der Waals surface area contributed by atoms with Gasteiger partial charge in [-0.05, 0) is 54.2 Å². The highest BCUT2D eigenvalue weighted by atomic mass is 16.5. The fraction of sp³-hybridized carbons (Fsp3) is 0.381. The van der Waals surface area contributed by atoms with E-state index in [-0.39, 0.29) is 18.1 Å². The number of phenols is 1. The fourth-order valence-electron chi connectivity index (χ4n) is 2.88. The maximum absolute atomic E-state index is 11.4. The van der Waals surface area contributed by atoms with Crippen LogP contribution < -0.4 is 14.2 Å². The van der Waals surface area contributed by atoms with E-state index >= 15 is 0 Å². The molecule has 0 radical (unpaired) electrons. The summed E-state index contributed by atoms with van der Waals surface area (Å²) >= 11 is 0. The third-order valence-corrected chi connectivity index (χ3v) is 4.41. The van der Waals surface area contributed by atoms with Crippen molar-refractivity contribution >= 4 is 5.97 Å². The summed E-state index contributed by atoms with van der Waals surface area (Å²) in [6.07, 6.45) is 2.12. The van der Waals surface area contributed by atoms with Crippen molar-refractivity contribution in [1.82, 2.24) is 0 Å². The second-order valence-corrected chi connectivity index (χ2v) is 6.07. The van der Waals surface area contributed by atoms with E-state index in [9.17, 15) is 9.90 Å². The first-order chi connectivity index (χ1) is 13.0. The van der Waals surface area contributed by atoms with Crippen LogP contribution in [0.4, 0.5) is 0 Å². The van der Waals surface area contributed by atoms with Gasteiger partial charge < -0.3 is 24.1 Å². The number of aryl methyl sites for hydroxylation is 3. The van der Waals surface area contributed by atoms with Gasteiger partial charge in [0.1, 0.15) is 0 Å². The molecule has 0 aromatic heterocycles. The normalized spacial score (nSPS) is 10.4. The van der Waals surface area contributed by atoms with E-state index in [1.54, 1.807) is 20.3 Å². The highest BCUT2D eigenvalue weighted by Crippen LogP contribution is 2.33. The summed E-state index contributed by atoms with van der Waals surface area (Å²) in [4.78, 5) is 11.4. The number of carbonyl (C=O) groups excluding carboxylic acids is 1. The molecule has 0 aliphatic heterocycles. The van der Waals surface area contributed by atoms with Gasteiger partial charge in [0, 0.05) is 6.42 Å². The van der Waals surface area contributed by atoms with Crippen LogP contribution in [-0.4, -0.2) is 39.5 Å². The van der Waals surface area contributed by atoms with Crippen LogP contribution in [0.5, 0.6) is 23.0 Å². The Kier molecular flexibility index (Phi) is 7.34. The first-order valence-corrected chi connectivity index (χ1v) is 8.68. The van der Waals surface area contributed by atoms with Crippen molar-refractivity contribution in [2.24, 2.45) is 0 Å². The number of hydrogen-bond acceptors (Lipinski definition) is 6. The van der Waals surface area contributed by atoms with Gasteiger partial charge in [-0.15, -0.1) is 0 Å². The Morgan fingerprint density at radius 1 is 0.815 bits per heavy atom. The van der Waals surface area contributed by atoms with Crippen LogP contribution in [-0.2, 0) is 28.8 Å². The molecule has 0 saturated heterocycles. The van der Waals surface area contributed by atoms with E-state index in [1.807, 2.05) is 24.3 Å². The zero-order valence-electron chi connectivity index (χ0n) is 16.2. The van der Waals surface area contributed by atoms with Crippen molar-refractivity contribution in [1.29, 1.82) is 0 Å². The van der Waals surface area contributed by atoms with E-state index in [2.05, 4.69) is 4.74 Å². The minimum absolute atomic E-state index is 0.125. The lowest BCUT2D eigenvalue weighted by Crippen LogP contribution is -2.03. The summed E-state index contributed by atoms with van der Waals surface area (Å²) in [5.74, 6) is 1.60. The van der Waals surface area contributed by atoms with Gasteiger partial charge in [-0.25, -0.2) is 0 Å². The number of ether oxygens (including phenoxy) is 4. The van der Waals surface area contributed by atoms with Crippen molar-refractivity contribution < 1.29 is 28.8 Å². The lowest BCUT2D eigenvalue weighted by molar-refractivity contribution is -0.140. The van der Waals surface area contributed by atoms with Crippen LogP contribution in [0.15, 0.2) is 30.3 Å². The van der Waals surface area contributed by atoms with Crippen molar-refractivity contribution in [3.63, 3.8) is 0 Å². The highest BCUT2D eigenvalue weighted by Gasteiger charge is 2.13. The average molecular weight is 374 g/mol. The minimum atomic E-state index is -0.270. The number of methoxy groups -OCH3 is 4. The maximum atomic E-state index is 11.4. The smallest absolute Gasteiger partial charge is 0.305 e. The fourth-order valence-corrected chi connectivity index (χ4v) is 2.88. The number of hydrogen-bond donors (Lipinski definition) is 1. The lowest BCUT2D eigenvalue weighted by atomic mass is 9.99. The van der Waals surface area contributed by atoms with Crippen molar-refractivity contribution in [3.05, 3.63) is 47.0 Å². The van der Waals surface area contributed by atoms with Gasteiger partial charge >= 0.3 is 5.97 Å². The van der Waals surface area contributed by atoms with Crippen LogP contribution in [0.2, 0.25) is 0 Å². The second kappa shape index (κ2) is 9.71. The van der Waals surface area contributed by atoms with E-state index < -0.39 is 0 Å². The molecule has 27 heavy (non-hydrogen) atoms. The average Bonchev–Trinajstić information content (AvgIpc) is 2.71. The Labute approximate surface area is 159 Å². The van der Waals surface area contributed by atoms with Gasteiger partial charge in [-0.1, -0.05) is 12.1 Å². The summed E-state index contributed by atoms with van der Waals surface area (Å²) in [6, 6.07) is 9.41. The van der Waals surface area contributed by atoms with Crippen molar-refractivity contribution in [2.45, 2.75) is 25.7 Å². The zero-order valence-corrected chi connectivity index (χ0v) is 16.2. The number of phenolic OH excluding ortho intramolecular Hbond substituents is 1. The highest BCUT2D eigenvalue weighted by molar-refractivity contribution is 5.69. The number of aromatic hydroxyl groups is 1. The van der Waals surface area contributed by atoms with Crippen LogP contribution in [0.3, 0.4) is 0 Å². The number of esters is 1. The molecule has 0 amide bonds. The predicted molar refractivity (Wildman–Crippen MR) is 102 cm³/mol. The lowest BCUT2D eigenvalue weighted by Gasteiger charge is -2.13. The van der Waals surface area contributed by atoms with Crippen LogP contribution >= 0.6 is 0 Å². The minimum Gasteiger partial charge on any atom is -0.504 e. The molecule has 0 fully saturated rings.